The second kappa shape index (κ2) is 55.5. The van der Waals surface area contributed by atoms with Crippen LogP contribution in [0.2, 0.25) is 0 Å². The van der Waals surface area contributed by atoms with E-state index in [0.717, 1.165) is 95.2 Å². The molecule has 2 aromatic carbocycles. The van der Waals surface area contributed by atoms with Crippen molar-refractivity contribution >= 4 is 268 Å². The van der Waals surface area contributed by atoms with Crippen molar-refractivity contribution in [3.63, 3.8) is 0 Å². The van der Waals surface area contributed by atoms with E-state index in [1.807, 2.05) is 112 Å². The van der Waals surface area contributed by atoms with Gasteiger partial charge in [-0.2, -0.15) is 0 Å². The predicted molar refractivity (Wildman–Crippen MR) is 538 cm³/mol. The number of carbonyl (C=O) groups excluding carboxylic acids is 4. The van der Waals surface area contributed by atoms with Gasteiger partial charge in [0.25, 0.3) is 11.8 Å². The molecule has 0 fully saturated rings. The number of nitrogens with zero attached hydrogens (tertiary/aromatic N) is 22. The molecule has 0 bridgehead atoms. The highest BCUT2D eigenvalue weighted by Crippen LogP contribution is 2.31. The zero-order valence-corrected chi connectivity index (χ0v) is 88.5. The molecule has 15 heterocycles. The topological polar surface area (TPSA) is 472 Å². The summed E-state index contributed by atoms with van der Waals surface area (Å²) in [4.78, 5) is 132. The molecule has 14 aromatic heterocycles. The van der Waals surface area contributed by atoms with E-state index < -0.39 is 11.9 Å². The molecular formula is C81H74Br8N26O10S7. The number of halogens is 8. The van der Waals surface area contributed by atoms with Crippen LogP contribution in [0.4, 0.5) is 11.9 Å². The van der Waals surface area contributed by atoms with Crippen molar-refractivity contribution in [1.82, 2.24) is 113 Å². The first-order valence-electron chi connectivity index (χ1n) is 37.3. The van der Waals surface area contributed by atoms with Gasteiger partial charge in [-0.15, -0.1) is 0 Å². The molecule has 51 heteroatoms. The zero-order chi connectivity index (χ0) is 95.2. The molecule has 0 aliphatic carbocycles. The molecule has 0 saturated heterocycles. The van der Waals surface area contributed by atoms with Crippen LogP contribution in [-0.4, -0.2) is 199 Å². The number of aromatic carboxylic acids is 1. The normalized spacial score (nSPS) is 10.9. The van der Waals surface area contributed by atoms with Gasteiger partial charge in [-0.1, -0.05) is 125 Å². The fraction of sp³-hybridized carbons (Fsp3) is 0.173. The number of anilines is 2. The number of esters is 1. The number of amides is 3. The highest BCUT2D eigenvalue weighted by atomic mass is 79.9. The Morgan fingerprint density at radius 2 is 0.841 bits per heavy atom. The van der Waals surface area contributed by atoms with Crippen molar-refractivity contribution in [3.8, 4) is 11.1 Å². The number of hydrogen-bond acceptors (Lipinski definition) is 37. The number of methoxy groups -OCH3 is 1. The highest BCUT2D eigenvalue weighted by molar-refractivity contribution is 9.11. The number of carboxylic acid groups (broad SMARTS) is 1. The van der Waals surface area contributed by atoms with Gasteiger partial charge in [-0.3, -0.25) is 32.5 Å². The molecule has 0 spiro atoms. The Kier molecular flexibility index (Phi) is 44.7. The van der Waals surface area contributed by atoms with Gasteiger partial charge in [0.2, 0.25) is 18.3 Å². The summed E-state index contributed by atoms with van der Waals surface area (Å²) in [6.45, 7) is 2.10. The molecular weight excluding hydrogens is 2360 g/mol. The van der Waals surface area contributed by atoms with E-state index >= 15 is 0 Å². The van der Waals surface area contributed by atoms with Gasteiger partial charge in [-0.25, -0.2) is 99.3 Å². The summed E-state index contributed by atoms with van der Waals surface area (Å²) >= 11 is 36.3. The van der Waals surface area contributed by atoms with Crippen molar-refractivity contribution in [2.24, 2.45) is 5.73 Å². The number of imide groups is 1. The van der Waals surface area contributed by atoms with Crippen molar-refractivity contribution in [2.75, 3.05) is 61.5 Å². The third-order valence-corrected chi connectivity index (χ3v) is 25.8. The Labute approximate surface area is 851 Å². The van der Waals surface area contributed by atoms with Gasteiger partial charge >= 0.3 is 11.9 Å². The van der Waals surface area contributed by atoms with Crippen LogP contribution in [0.15, 0.2) is 265 Å². The number of thioether (sulfide) groups is 7. The zero-order valence-electron chi connectivity index (χ0n) is 70.1. The number of fused-ring (bicyclic) bond motifs is 4. The van der Waals surface area contributed by atoms with E-state index in [4.69, 9.17) is 24.8 Å². The number of benzene rings is 2. The second-order valence-corrected chi connectivity index (χ2v) is 37.1. The van der Waals surface area contributed by atoms with E-state index in [1.54, 1.807) is 117 Å². The maximum atomic E-state index is 12.3. The quantitative estimate of drug-likeness (QED) is 0.0114. The third kappa shape index (κ3) is 30.9. The third-order valence-electron chi connectivity index (χ3n) is 16.7. The van der Waals surface area contributed by atoms with Crippen LogP contribution in [-0.2, 0) is 48.9 Å². The molecule has 16 aromatic rings. The van der Waals surface area contributed by atoms with E-state index in [9.17, 15) is 24.0 Å². The Bertz CT molecular complexity index is 6430. The van der Waals surface area contributed by atoms with E-state index in [-0.39, 0.29) is 36.4 Å². The first-order valence-corrected chi connectivity index (χ1v) is 52.2. The maximum Gasteiger partial charge on any atom is 0.358 e. The smallest absolute Gasteiger partial charge is 0.358 e. The number of hydrogen-bond donors (Lipinski definition) is 6. The number of nitrogens with two attached hydrogens (primary N) is 1. The minimum absolute atomic E-state index is 0.00523. The molecule has 3 amide bonds. The van der Waals surface area contributed by atoms with Crippen LogP contribution in [0.25, 0.3) is 27.7 Å². The Morgan fingerprint density at radius 3 is 1.31 bits per heavy atom. The molecule has 36 nitrogen and oxygen atoms in total. The van der Waals surface area contributed by atoms with Gasteiger partial charge in [-0.05, 0) is 213 Å². The number of carboxylic acids is 1. The standard InChI is InChI=1S/C17H14N4O.C14H10BrN3O2S.C11H9BrN4O.C7H8BrN3OS.C7H6BrN3S.C7H7BrN2O2S.C6H8BrN3S.C6H5BrN2O2S.C6H7BrN2OS/c1-2-5-13(6-3-1)15-10-20-17(21-12-18-11-16(15)21)19-9-14-7-4-8-22-14;1-21-14-16-6-10(15)11(17-14)7-18-12(19)8-4-2-3-5-9(8)13(18)20;12-9-5-15-11(16-7-13-6-10(9)16)14-4-8-2-1-3-17-8;1-13-7-10-2-5(8)6(11-7)3-9-4-12;1-12-7-10-2-5(8)6-3-9-4-11(6)7;1-12-6(11)5-4(8)3-9-7(10-5)13-2;1-11-6-9-3-4(7)5(2-8)10-6;1-12-6-8-2-3(7)4(9-6)5(10)11;1-11-6-8-2-4(7)5(3-10)9-6/h1-8,10-12H,9H2,(H,19,20);2-6H,7H2,1H3;1-3,5-7H,4H2,(H,14,15);2,4H,3H2,1H3,(H,9,12);2-4H,1H3;3H,1-2H3;3H,2,8H2,1H3;2H,1H3,(H,10,11);2,10H,3H2,1H3. The lowest BCUT2D eigenvalue weighted by atomic mass is 10.1. The second-order valence-electron chi connectivity index (χ2n) is 24.8. The lowest BCUT2D eigenvalue weighted by Crippen LogP contribution is -2.29. The average Bonchev–Trinajstić information content (AvgIpc) is 1.62. The molecule has 1 aliphatic rings. The molecule has 17 rings (SSSR count). The average molecular weight is 2440 g/mol. The summed E-state index contributed by atoms with van der Waals surface area (Å²) in [5.74, 6) is 1.11. The minimum Gasteiger partial charge on any atom is -0.476 e. The lowest BCUT2D eigenvalue weighted by molar-refractivity contribution is -0.109. The highest BCUT2D eigenvalue weighted by Gasteiger charge is 2.36. The summed E-state index contributed by atoms with van der Waals surface area (Å²) in [6, 6.07) is 24.6. The summed E-state index contributed by atoms with van der Waals surface area (Å²) in [5, 5.41) is 31.2. The van der Waals surface area contributed by atoms with Crippen LogP contribution in [0, 0.1) is 0 Å². The van der Waals surface area contributed by atoms with Gasteiger partial charge in [0, 0.05) is 67.9 Å². The fourth-order valence-electron chi connectivity index (χ4n) is 10.5. The Hall–Kier alpha value is -9.30. The molecule has 0 saturated carbocycles. The summed E-state index contributed by atoms with van der Waals surface area (Å²) < 4.78 is 26.8. The summed E-state index contributed by atoms with van der Waals surface area (Å²) in [5.41, 5.74) is 14.7. The number of carbonyl (C=O) groups is 5. The van der Waals surface area contributed by atoms with Crippen molar-refractivity contribution in [2.45, 2.75) is 75.4 Å². The lowest BCUT2D eigenvalue weighted by Gasteiger charge is -2.14. The van der Waals surface area contributed by atoms with Crippen LogP contribution in [0.5, 0.6) is 0 Å². The molecule has 0 unspecified atom stereocenters. The van der Waals surface area contributed by atoms with Crippen LogP contribution in [0.3, 0.4) is 0 Å². The number of ether oxygens (including phenoxy) is 1. The Morgan fingerprint density at radius 1 is 0.439 bits per heavy atom. The van der Waals surface area contributed by atoms with Gasteiger partial charge in [0.1, 0.15) is 30.5 Å². The largest absolute Gasteiger partial charge is 0.476 e. The number of aliphatic hydroxyl groups excluding tert-OH is 1. The number of aromatic nitrogens is 21. The molecule has 0 radical (unpaired) electrons. The number of aliphatic hydroxyl groups is 1. The van der Waals surface area contributed by atoms with Crippen LogP contribution in [0.1, 0.15) is 76.0 Å². The van der Waals surface area contributed by atoms with Crippen LogP contribution < -0.4 is 21.7 Å². The van der Waals surface area contributed by atoms with E-state index in [0.29, 0.717) is 94.3 Å². The molecule has 686 valence electrons. The fourth-order valence-corrected chi connectivity index (χ4v) is 15.9. The predicted octanol–water partition coefficient (Wildman–Crippen LogP) is 18.8. The minimum atomic E-state index is -1.06. The van der Waals surface area contributed by atoms with E-state index in [1.165, 1.54) is 95.0 Å². The molecule has 1 aliphatic heterocycles. The SMILES string of the molecule is Brc1cnc(NCc2ccco2)n2cncc12.COC(=O)c1nc(SC)ncc1Br.CSc1ncc(Br)c(C(=O)O)n1.CSc1ncc(Br)c(CN)n1.CSc1ncc(Br)c(CN2C(=O)c3ccccc3C2=O)n1.CSc1ncc(Br)c(CNC=O)n1.CSc1ncc(Br)c(CO)n1.CSc1ncc(Br)c2cncn12.c1ccc(-c2cnc(NCc3ccco3)n3cncc23)cc1. The molecule has 7 N–H and O–H groups in total. The van der Waals surface area contributed by atoms with Gasteiger partial charge in [0.05, 0.1) is 157 Å². The van der Waals surface area contributed by atoms with E-state index in [2.05, 4.69) is 250 Å². The van der Waals surface area contributed by atoms with Crippen molar-refractivity contribution < 1.29 is 47.8 Å². The van der Waals surface area contributed by atoms with Gasteiger partial charge in [0.15, 0.2) is 47.5 Å². The number of nitrogens with one attached hydrogen (secondary N) is 3. The number of rotatable bonds is 23. The first kappa shape index (κ1) is 106. The number of furan rings is 2. The monoisotopic (exact) mass is 2430 g/mol. The molecule has 132 heavy (non-hydrogen) atoms. The summed E-state index contributed by atoms with van der Waals surface area (Å²) in [7, 11) is 1.32. The summed E-state index contributed by atoms with van der Waals surface area (Å²) in [6.07, 6.45) is 42.9. The number of imidazole rings is 3. The van der Waals surface area contributed by atoms with Crippen molar-refractivity contribution in [3.05, 3.63) is 277 Å². The Balaban J connectivity index is 0.000000169. The van der Waals surface area contributed by atoms with Crippen LogP contribution >= 0.6 is 210 Å². The molecule has 0 atom stereocenters. The first-order chi connectivity index (χ1) is 63.9. The van der Waals surface area contributed by atoms with Gasteiger partial charge < -0.3 is 45.5 Å². The van der Waals surface area contributed by atoms with Crippen molar-refractivity contribution in [1.29, 1.82) is 0 Å². The maximum absolute atomic E-state index is 12.3.